The van der Waals surface area contributed by atoms with Crippen molar-refractivity contribution in [2.24, 2.45) is 0 Å². The molecular formula is C22H23N3O6S2. The molecule has 11 heteroatoms. The second-order valence-electron chi connectivity index (χ2n) is 6.82. The zero-order valence-corrected chi connectivity index (χ0v) is 19.9. The molecule has 0 saturated carbocycles. The molecule has 2 N–H and O–H groups in total. The topological polar surface area (TPSA) is 127 Å². The van der Waals surface area contributed by atoms with Crippen LogP contribution in [0.15, 0.2) is 68.4 Å². The maximum atomic E-state index is 12.8. The van der Waals surface area contributed by atoms with Crippen LogP contribution in [-0.4, -0.2) is 44.3 Å². The first-order valence-corrected chi connectivity index (χ1v) is 12.3. The number of nitrogens with one attached hydrogen (secondary N) is 2. The molecule has 0 fully saturated rings. The average molecular weight is 490 g/mol. The van der Waals surface area contributed by atoms with Gasteiger partial charge < -0.3 is 19.8 Å². The van der Waals surface area contributed by atoms with Crippen molar-refractivity contribution < 1.29 is 22.7 Å². The Morgan fingerprint density at radius 2 is 1.73 bits per heavy atom. The van der Waals surface area contributed by atoms with E-state index in [2.05, 4.69) is 15.3 Å². The van der Waals surface area contributed by atoms with Gasteiger partial charge in [-0.3, -0.25) is 9.59 Å². The number of anilines is 1. The molecule has 0 atom stereocenters. The number of aromatic nitrogens is 2. The average Bonchev–Trinajstić information content (AvgIpc) is 2.82. The fourth-order valence-electron chi connectivity index (χ4n) is 2.87. The molecule has 1 amide bonds. The SMILES string of the molecule is CCc1ccc(S(=O)(=O)c2cnc(SCC(=O)Nc3cc(OC)cc(OC)c3)[nH]c2=O)cc1. The van der Waals surface area contributed by atoms with Crippen molar-refractivity contribution in [2.75, 3.05) is 25.3 Å². The monoisotopic (exact) mass is 489 g/mol. The van der Waals surface area contributed by atoms with Gasteiger partial charge in [0.1, 0.15) is 11.5 Å². The molecule has 2 aromatic carbocycles. The molecule has 174 valence electrons. The van der Waals surface area contributed by atoms with E-state index >= 15 is 0 Å². The summed E-state index contributed by atoms with van der Waals surface area (Å²) in [4.78, 5) is 30.7. The van der Waals surface area contributed by atoms with Crippen LogP contribution in [0.2, 0.25) is 0 Å². The van der Waals surface area contributed by atoms with Gasteiger partial charge in [-0.1, -0.05) is 30.8 Å². The molecule has 0 aliphatic carbocycles. The number of sulfone groups is 1. The number of amides is 1. The third-order valence-electron chi connectivity index (χ3n) is 4.65. The minimum atomic E-state index is -4.02. The van der Waals surface area contributed by atoms with Crippen LogP contribution >= 0.6 is 11.8 Å². The smallest absolute Gasteiger partial charge is 0.270 e. The standard InChI is InChI=1S/C22H23N3O6S2/c1-4-14-5-7-18(8-6-14)33(28,29)19-12-23-22(25-21(19)27)32-13-20(26)24-15-9-16(30-2)11-17(10-15)31-3/h5-12H,4,13H2,1-3H3,(H,24,26)(H,23,25,27). The van der Waals surface area contributed by atoms with Gasteiger partial charge in [0.25, 0.3) is 5.56 Å². The normalized spacial score (nSPS) is 11.1. The maximum Gasteiger partial charge on any atom is 0.270 e. The summed E-state index contributed by atoms with van der Waals surface area (Å²) in [5.41, 5.74) is 0.664. The zero-order chi connectivity index (χ0) is 24.0. The van der Waals surface area contributed by atoms with E-state index in [0.29, 0.717) is 17.2 Å². The molecule has 0 aliphatic heterocycles. The Hall–Kier alpha value is -3.31. The lowest BCUT2D eigenvalue weighted by molar-refractivity contribution is -0.113. The number of thioether (sulfide) groups is 1. The first-order chi connectivity index (χ1) is 15.8. The Bertz CT molecular complexity index is 1280. The lowest BCUT2D eigenvalue weighted by Gasteiger charge is -2.10. The molecular weight excluding hydrogens is 466 g/mol. The minimum absolute atomic E-state index is 0.0144. The quantitative estimate of drug-likeness (QED) is 0.347. The van der Waals surface area contributed by atoms with Gasteiger partial charge in [-0.05, 0) is 24.1 Å². The van der Waals surface area contributed by atoms with E-state index in [4.69, 9.17) is 9.47 Å². The highest BCUT2D eigenvalue weighted by Gasteiger charge is 2.22. The molecule has 0 unspecified atom stereocenters. The molecule has 1 heterocycles. The van der Waals surface area contributed by atoms with Gasteiger partial charge in [-0.25, -0.2) is 13.4 Å². The molecule has 0 radical (unpaired) electrons. The van der Waals surface area contributed by atoms with Crippen molar-refractivity contribution >= 4 is 33.2 Å². The largest absolute Gasteiger partial charge is 0.497 e. The Morgan fingerprint density at radius 3 is 2.27 bits per heavy atom. The summed E-state index contributed by atoms with van der Waals surface area (Å²) in [5, 5.41) is 2.83. The van der Waals surface area contributed by atoms with Gasteiger partial charge in [-0.2, -0.15) is 0 Å². The maximum absolute atomic E-state index is 12.8. The van der Waals surface area contributed by atoms with E-state index in [1.54, 1.807) is 30.3 Å². The molecule has 1 aromatic heterocycles. The first-order valence-electron chi connectivity index (χ1n) is 9.86. The molecule has 0 saturated heterocycles. The zero-order valence-electron chi connectivity index (χ0n) is 18.2. The Labute approximate surface area is 195 Å². The van der Waals surface area contributed by atoms with Crippen LogP contribution in [0.1, 0.15) is 12.5 Å². The third-order valence-corrected chi connectivity index (χ3v) is 7.30. The highest BCUT2D eigenvalue weighted by molar-refractivity contribution is 7.99. The summed E-state index contributed by atoms with van der Waals surface area (Å²) in [7, 11) is -1.01. The third kappa shape index (κ3) is 5.93. The number of nitrogens with zero attached hydrogens (tertiary/aromatic N) is 1. The molecule has 0 spiro atoms. The van der Waals surface area contributed by atoms with Gasteiger partial charge in [0.2, 0.25) is 15.7 Å². The van der Waals surface area contributed by atoms with Crippen LogP contribution in [0.3, 0.4) is 0 Å². The van der Waals surface area contributed by atoms with E-state index in [1.807, 2.05) is 6.92 Å². The molecule has 9 nitrogen and oxygen atoms in total. The van der Waals surface area contributed by atoms with Gasteiger partial charge >= 0.3 is 0 Å². The number of H-pyrrole nitrogens is 1. The second kappa shape index (κ2) is 10.5. The molecule has 0 aliphatic rings. The summed E-state index contributed by atoms with van der Waals surface area (Å²) in [6.07, 6.45) is 1.78. The number of methoxy groups -OCH3 is 2. The summed E-state index contributed by atoms with van der Waals surface area (Å²) >= 11 is 0.966. The van der Waals surface area contributed by atoms with Crippen molar-refractivity contribution in [3.8, 4) is 11.5 Å². The summed E-state index contributed by atoms with van der Waals surface area (Å²) in [6, 6.07) is 11.3. The van der Waals surface area contributed by atoms with Crippen molar-refractivity contribution in [3.05, 3.63) is 64.6 Å². The van der Waals surface area contributed by atoms with Gasteiger partial charge in [-0.15, -0.1) is 0 Å². The van der Waals surface area contributed by atoms with E-state index in [-0.39, 0.29) is 21.7 Å². The van der Waals surface area contributed by atoms with Crippen LogP contribution in [-0.2, 0) is 21.1 Å². The van der Waals surface area contributed by atoms with Crippen LogP contribution in [0, 0.1) is 0 Å². The lowest BCUT2D eigenvalue weighted by Crippen LogP contribution is -2.20. The van der Waals surface area contributed by atoms with Crippen molar-refractivity contribution in [2.45, 2.75) is 28.3 Å². The second-order valence-corrected chi connectivity index (χ2v) is 9.70. The van der Waals surface area contributed by atoms with Crippen LogP contribution in [0.4, 0.5) is 5.69 Å². The van der Waals surface area contributed by atoms with E-state index in [0.717, 1.165) is 29.9 Å². The Kier molecular flexibility index (Phi) is 7.77. The Balaban J connectivity index is 1.69. The predicted molar refractivity (Wildman–Crippen MR) is 125 cm³/mol. The number of carbonyl (C=O) groups is 1. The Morgan fingerprint density at radius 1 is 1.09 bits per heavy atom. The van der Waals surface area contributed by atoms with E-state index in [9.17, 15) is 18.0 Å². The number of rotatable bonds is 9. The molecule has 3 aromatic rings. The van der Waals surface area contributed by atoms with Crippen molar-refractivity contribution in [1.82, 2.24) is 9.97 Å². The molecule has 3 rings (SSSR count). The summed E-state index contributed by atoms with van der Waals surface area (Å²) < 4.78 is 35.9. The lowest BCUT2D eigenvalue weighted by atomic mass is 10.2. The molecule has 0 bridgehead atoms. The minimum Gasteiger partial charge on any atom is -0.497 e. The van der Waals surface area contributed by atoms with Gasteiger partial charge in [0.05, 0.1) is 31.1 Å². The predicted octanol–water partition coefficient (Wildman–Crippen LogP) is 2.91. The van der Waals surface area contributed by atoms with Gasteiger partial charge in [0, 0.05) is 23.9 Å². The highest BCUT2D eigenvalue weighted by Crippen LogP contribution is 2.26. The van der Waals surface area contributed by atoms with Crippen LogP contribution < -0.4 is 20.3 Å². The van der Waals surface area contributed by atoms with Crippen LogP contribution in [0.5, 0.6) is 11.5 Å². The number of aromatic amines is 1. The van der Waals surface area contributed by atoms with E-state index < -0.39 is 20.3 Å². The van der Waals surface area contributed by atoms with Crippen molar-refractivity contribution in [3.63, 3.8) is 0 Å². The fourth-order valence-corrected chi connectivity index (χ4v) is 4.74. The van der Waals surface area contributed by atoms with Gasteiger partial charge in [0.15, 0.2) is 10.1 Å². The fraction of sp³-hybridized carbons (Fsp3) is 0.227. The number of hydrogen-bond donors (Lipinski definition) is 2. The molecule has 33 heavy (non-hydrogen) atoms. The van der Waals surface area contributed by atoms with Crippen molar-refractivity contribution in [1.29, 1.82) is 0 Å². The van der Waals surface area contributed by atoms with Crippen LogP contribution in [0.25, 0.3) is 0 Å². The number of ether oxygens (including phenoxy) is 2. The highest BCUT2D eigenvalue weighted by atomic mass is 32.2. The first kappa shape index (κ1) is 24.3. The number of aryl methyl sites for hydroxylation is 1. The number of benzene rings is 2. The summed E-state index contributed by atoms with van der Waals surface area (Å²) in [5.74, 6) is 0.618. The summed E-state index contributed by atoms with van der Waals surface area (Å²) in [6.45, 7) is 1.96. The number of carbonyl (C=O) groups excluding carboxylic acids is 1. The number of hydrogen-bond acceptors (Lipinski definition) is 8. The van der Waals surface area contributed by atoms with E-state index in [1.165, 1.54) is 26.4 Å².